The molecular formula is C15H18N2O4. The van der Waals surface area contributed by atoms with E-state index in [-0.39, 0.29) is 18.4 Å². The second-order valence-corrected chi connectivity index (χ2v) is 4.41. The first-order chi connectivity index (χ1) is 10.2. The van der Waals surface area contributed by atoms with Crippen molar-refractivity contribution in [1.29, 1.82) is 0 Å². The van der Waals surface area contributed by atoms with Crippen molar-refractivity contribution in [2.75, 3.05) is 26.3 Å². The van der Waals surface area contributed by atoms with Crippen molar-refractivity contribution in [3.63, 3.8) is 0 Å². The topological polar surface area (TPSA) is 76.7 Å². The molecule has 2 amide bonds. The van der Waals surface area contributed by atoms with Gasteiger partial charge in [0.25, 0.3) is 0 Å². The maximum atomic E-state index is 11.6. The summed E-state index contributed by atoms with van der Waals surface area (Å²) in [4.78, 5) is 22.8. The summed E-state index contributed by atoms with van der Waals surface area (Å²) in [5.74, 6) is 0.847. The minimum Gasteiger partial charge on any atom is -0.486 e. The van der Waals surface area contributed by atoms with Gasteiger partial charge in [-0.2, -0.15) is 0 Å². The van der Waals surface area contributed by atoms with E-state index in [1.165, 1.54) is 6.08 Å². The Morgan fingerprint density at radius 1 is 1.19 bits per heavy atom. The van der Waals surface area contributed by atoms with E-state index in [0.717, 1.165) is 5.56 Å². The molecule has 0 aromatic heterocycles. The van der Waals surface area contributed by atoms with Gasteiger partial charge in [-0.3, -0.25) is 9.59 Å². The van der Waals surface area contributed by atoms with Gasteiger partial charge in [-0.05, 0) is 30.7 Å². The predicted molar refractivity (Wildman–Crippen MR) is 78.2 cm³/mol. The Labute approximate surface area is 123 Å². The number of fused-ring (bicyclic) bond motifs is 1. The Morgan fingerprint density at radius 3 is 2.71 bits per heavy atom. The molecule has 0 fully saturated rings. The molecule has 1 aliphatic heterocycles. The largest absolute Gasteiger partial charge is 0.486 e. The standard InChI is InChI=1S/C15H18N2O4/c1-2-16-15(19)10-17-14(18)6-4-11-3-5-12-13(9-11)21-8-7-20-12/h3-6,9H,2,7-8,10H2,1H3,(H,16,19)(H,17,18)/b6-4+. The van der Waals surface area contributed by atoms with E-state index in [1.807, 2.05) is 19.1 Å². The van der Waals surface area contributed by atoms with Crippen LogP contribution in [0, 0.1) is 0 Å². The Bertz CT molecular complexity index is 555. The van der Waals surface area contributed by atoms with Gasteiger partial charge in [-0.15, -0.1) is 0 Å². The number of hydrogen-bond acceptors (Lipinski definition) is 4. The van der Waals surface area contributed by atoms with Crippen LogP contribution in [0.4, 0.5) is 0 Å². The summed E-state index contributed by atoms with van der Waals surface area (Å²) in [5.41, 5.74) is 0.826. The molecule has 0 saturated heterocycles. The molecule has 0 bridgehead atoms. The van der Waals surface area contributed by atoms with Gasteiger partial charge in [-0.1, -0.05) is 6.07 Å². The average Bonchev–Trinajstić information content (AvgIpc) is 2.51. The van der Waals surface area contributed by atoms with Crippen LogP contribution in [0.3, 0.4) is 0 Å². The lowest BCUT2D eigenvalue weighted by Crippen LogP contribution is -2.35. The van der Waals surface area contributed by atoms with Gasteiger partial charge in [0.05, 0.1) is 6.54 Å². The summed E-state index contributed by atoms with van der Waals surface area (Å²) in [6.07, 6.45) is 3.04. The van der Waals surface area contributed by atoms with Gasteiger partial charge in [0.2, 0.25) is 11.8 Å². The van der Waals surface area contributed by atoms with E-state index < -0.39 is 0 Å². The molecular weight excluding hydrogens is 272 g/mol. The maximum Gasteiger partial charge on any atom is 0.244 e. The minimum atomic E-state index is -0.323. The van der Waals surface area contributed by atoms with Gasteiger partial charge in [-0.25, -0.2) is 0 Å². The SMILES string of the molecule is CCNC(=O)CNC(=O)/C=C/c1ccc2c(c1)OCCO2. The molecule has 112 valence electrons. The monoisotopic (exact) mass is 290 g/mol. The highest BCUT2D eigenvalue weighted by Gasteiger charge is 2.10. The quantitative estimate of drug-likeness (QED) is 0.784. The fourth-order valence-corrected chi connectivity index (χ4v) is 1.82. The zero-order valence-electron chi connectivity index (χ0n) is 11.8. The Hall–Kier alpha value is -2.50. The molecule has 1 heterocycles. The molecule has 1 aliphatic rings. The Balaban J connectivity index is 1.88. The summed E-state index contributed by atoms with van der Waals surface area (Å²) in [6, 6.07) is 5.45. The van der Waals surface area contributed by atoms with E-state index in [2.05, 4.69) is 10.6 Å². The molecule has 6 nitrogen and oxygen atoms in total. The van der Waals surface area contributed by atoms with E-state index in [4.69, 9.17) is 9.47 Å². The zero-order valence-corrected chi connectivity index (χ0v) is 11.8. The van der Waals surface area contributed by atoms with E-state index >= 15 is 0 Å². The Kier molecular flexibility index (Phi) is 5.20. The normalized spacial score (nSPS) is 13.0. The van der Waals surface area contributed by atoms with Gasteiger partial charge in [0.15, 0.2) is 11.5 Å². The number of rotatable bonds is 5. The maximum absolute atomic E-state index is 11.6. The third kappa shape index (κ3) is 4.52. The minimum absolute atomic E-state index is 0.0296. The average molecular weight is 290 g/mol. The second kappa shape index (κ2) is 7.33. The van der Waals surface area contributed by atoms with Crippen LogP contribution in [0.25, 0.3) is 6.08 Å². The molecule has 1 aromatic carbocycles. The first-order valence-electron chi connectivity index (χ1n) is 6.81. The highest BCUT2D eigenvalue weighted by atomic mass is 16.6. The van der Waals surface area contributed by atoms with Crippen LogP contribution in [0.15, 0.2) is 24.3 Å². The fraction of sp³-hybridized carbons (Fsp3) is 0.333. The van der Waals surface area contributed by atoms with E-state index in [1.54, 1.807) is 12.1 Å². The lowest BCUT2D eigenvalue weighted by molar-refractivity contribution is -0.123. The third-order valence-corrected chi connectivity index (χ3v) is 2.79. The van der Waals surface area contributed by atoms with Crippen molar-refractivity contribution >= 4 is 17.9 Å². The van der Waals surface area contributed by atoms with Crippen molar-refractivity contribution < 1.29 is 19.1 Å². The van der Waals surface area contributed by atoms with Crippen LogP contribution in [0.2, 0.25) is 0 Å². The zero-order chi connectivity index (χ0) is 15.1. The van der Waals surface area contributed by atoms with Crippen molar-refractivity contribution in [1.82, 2.24) is 10.6 Å². The Morgan fingerprint density at radius 2 is 1.95 bits per heavy atom. The van der Waals surface area contributed by atoms with Crippen LogP contribution < -0.4 is 20.1 Å². The third-order valence-electron chi connectivity index (χ3n) is 2.79. The van der Waals surface area contributed by atoms with Crippen molar-refractivity contribution in [3.8, 4) is 11.5 Å². The summed E-state index contributed by atoms with van der Waals surface area (Å²) in [6.45, 7) is 3.40. The lowest BCUT2D eigenvalue weighted by atomic mass is 10.2. The van der Waals surface area contributed by atoms with Crippen LogP contribution in [-0.4, -0.2) is 38.1 Å². The van der Waals surface area contributed by atoms with Gasteiger partial charge < -0.3 is 20.1 Å². The van der Waals surface area contributed by atoms with Gasteiger partial charge >= 0.3 is 0 Å². The first kappa shape index (κ1) is 14.9. The summed E-state index contributed by atoms with van der Waals surface area (Å²) < 4.78 is 10.9. The number of amides is 2. The molecule has 0 spiro atoms. The number of hydrogen-bond donors (Lipinski definition) is 2. The lowest BCUT2D eigenvalue weighted by Gasteiger charge is -2.18. The number of carbonyl (C=O) groups is 2. The molecule has 0 saturated carbocycles. The summed E-state index contributed by atoms with van der Waals surface area (Å²) in [5, 5.41) is 5.11. The van der Waals surface area contributed by atoms with E-state index in [9.17, 15) is 9.59 Å². The molecule has 2 N–H and O–H groups in total. The molecule has 0 aliphatic carbocycles. The molecule has 0 radical (unpaired) electrons. The molecule has 1 aromatic rings. The molecule has 0 unspecified atom stereocenters. The van der Waals surface area contributed by atoms with Crippen molar-refractivity contribution in [3.05, 3.63) is 29.8 Å². The summed E-state index contributed by atoms with van der Waals surface area (Å²) >= 11 is 0. The van der Waals surface area contributed by atoms with E-state index in [0.29, 0.717) is 31.3 Å². The molecule has 6 heteroatoms. The van der Waals surface area contributed by atoms with Gasteiger partial charge in [0, 0.05) is 12.6 Å². The van der Waals surface area contributed by atoms with Crippen LogP contribution in [0.5, 0.6) is 11.5 Å². The predicted octanol–water partition coefficient (Wildman–Crippen LogP) is 0.723. The molecule has 2 rings (SSSR count). The molecule has 21 heavy (non-hydrogen) atoms. The smallest absolute Gasteiger partial charge is 0.244 e. The highest BCUT2D eigenvalue weighted by Crippen LogP contribution is 2.30. The van der Waals surface area contributed by atoms with Crippen LogP contribution >= 0.6 is 0 Å². The number of likely N-dealkylation sites (N-methyl/N-ethyl adjacent to an activating group) is 1. The van der Waals surface area contributed by atoms with Crippen molar-refractivity contribution in [2.24, 2.45) is 0 Å². The number of nitrogens with one attached hydrogen (secondary N) is 2. The number of benzene rings is 1. The van der Waals surface area contributed by atoms with Crippen LogP contribution in [-0.2, 0) is 9.59 Å². The van der Waals surface area contributed by atoms with Gasteiger partial charge in [0.1, 0.15) is 13.2 Å². The first-order valence-corrected chi connectivity index (χ1v) is 6.81. The number of ether oxygens (including phenoxy) is 2. The van der Waals surface area contributed by atoms with Crippen LogP contribution in [0.1, 0.15) is 12.5 Å². The van der Waals surface area contributed by atoms with Crippen molar-refractivity contribution in [2.45, 2.75) is 6.92 Å². The second-order valence-electron chi connectivity index (χ2n) is 4.41. The fourth-order valence-electron chi connectivity index (χ4n) is 1.82. The highest BCUT2D eigenvalue weighted by molar-refractivity contribution is 5.94. The summed E-state index contributed by atoms with van der Waals surface area (Å²) in [7, 11) is 0. The molecule has 0 atom stereocenters. The number of carbonyl (C=O) groups excluding carboxylic acids is 2.